The molecule has 2 aromatic carbocycles. The number of nitriles is 1. The molecule has 0 unspecified atom stereocenters. The van der Waals surface area contributed by atoms with Gasteiger partial charge in [-0.15, -0.1) is 0 Å². The molecule has 5 heteroatoms. The van der Waals surface area contributed by atoms with E-state index in [1.54, 1.807) is 30.3 Å². The third kappa shape index (κ3) is 3.73. The van der Waals surface area contributed by atoms with E-state index < -0.39 is 12.5 Å². The van der Waals surface area contributed by atoms with Crippen molar-refractivity contribution in [2.75, 3.05) is 13.7 Å². The van der Waals surface area contributed by atoms with Gasteiger partial charge in [-0.2, -0.15) is 14.0 Å². The van der Waals surface area contributed by atoms with Crippen LogP contribution in [0.25, 0.3) is 0 Å². The molecule has 0 spiro atoms. The predicted octanol–water partition coefficient (Wildman–Crippen LogP) is 3.93. The number of hydrogen-bond acceptors (Lipinski definition) is 3. The predicted molar refractivity (Wildman–Crippen MR) is 78.1 cm³/mol. The van der Waals surface area contributed by atoms with Gasteiger partial charge in [0.05, 0.1) is 19.6 Å². The molecule has 0 N–H and O–H groups in total. The summed E-state index contributed by atoms with van der Waals surface area (Å²) in [5, 5.41) is 8.67. The van der Waals surface area contributed by atoms with Gasteiger partial charge in [-0.25, -0.2) is 0 Å². The highest BCUT2D eigenvalue weighted by molar-refractivity contribution is 5.43. The average Bonchev–Trinajstić information content (AvgIpc) is 2.54. The molecule has 0 heterocycles. The minimum absolute atomic E-state index is 0.102. The first-order valence-corrected chi connectivity index (χ1v) is 6.67. The maximum Gasteiger partial charge on any atom is 0.306 e. The SMILES string of the molecule is COc1cc(CC#N)ccc1OCC(F)(F)c1ccccc1. The molecule has 2 rings (SSSR count). The Morgan fingerprint density at radius 1 is 1.09 bits per heavy atom. The standard InChI is InChI=1S/C17H15F2NO2/c1-21-16-11-13(9-10-20)7-8-15(16)22-12-17(18,19)14-5-3-2-4-6-14/h2-8,11H,9,12H2,1H3. The van der Waals surface area contributed by atoms with Crippen molar-refractivity contribution >= 4 is 0 Å². The molecule has 0 aromatic heterocycles. The fourth-order valence-electron chi connectivity index (χ4n) is 1.97. The van der Waals surface area contributed by atoms with Gasteiger partial charge in [0.2, 0.25) is 0 Å². The van der Waals surface area contributed by atoms with Crippen molar-refractivity contribution in [2.45, 2.75) is 12.3 Å². The van der Waals surface area contributed by atoms with Crippen molar-refractivity contribution in [1.82, 2.24) is 0 Å². The summed E-state index contributed by atoms with van der Waals surface area (Å²) in [6, 6.07) is 14.3. The first kappa shape index (κ1) is 15.8. The Kier molecular flexibility index (Phi) is 4.95. The quantitative estimate of drug-likeness (QED) is 0.812. The second kappa shape index (κ2) is 6.90. The highest BCUT2D eigenvalue weighted by Crippen LogP contribution is 2.32. The summed E-state index contributed by atoms with van der Waals surface area (Å²) >= 11 is 0. The number of methoxy groups -OCH3 is 1. The Bertz CT molecular complexity index is 666. The Morgan fingerprint density at radius 2 is 1.82 bits per heavy atom. The van der Waals surface area contributed by atoms with E-state index in [-0.39, 0.29) is 17.7 Å². The van der Waals surface area contributed by atoms with Crippen molar-refractivity contribution in [3.05, 3.63) is 59.7 Å². The molecule has 0 saturated heterocycles. The van der Waals surface area contributed by atoms with Gasteiger partial charge in [0.15, 0.2) is 18.1 Å². The molecule has 0 atom stereocenters. The normalized spacial score (nSPS) is 10.8. The zero-order valence-electron chi connectivity index (χ0n) is 12.1. The number of ether oxygens (including phenoxy) is 2. The van der Waals surface area contributed by atoms with Crippen LogP contribution in [0.15, 0.2) is 48.5 Å². The Balaban J connectivity index is 2.13. The summed E-state index contributed by atoms with van der Waals surface area (Å²) in [5.41, 5.74) is 0.636. The maximum atomic E-state index is 14.1. The fourth-order valence-corrected chi connectivity index (χ4v) is 1.97. The lowest BCUT2D eigenvalue weighted by Gasteiger charge is -2.18. The van der Waals surface area contributed by atoms with E-state index in [2.05, 4.69) is 0 Å². The van der Waals surface area contributed by atoms with Crippen molar-refractivity contribution < 1.29 is 18.3 Å². The van der Waals surface area contributed by atoms with Gasteiger partial charge >= 0.3 is 5.92 Å². The Hall–Kier alpha value is -2.61. The zero-order valence-corrected chi connectivity index (χ0v) is 12.1. The van der Waals surface area contributed by atoms with E-state index in [0.717, 1.165) is 5.56 Å². The second-order valence-corrected chi connectivity index (χ2v) is 4.68. The van der Waals surface area contributed by atoms with Crippen LogP contribution in [0.1, 0.15) is 11.1 Å². The first-order valence-electron chi connectivity index (χ1n) is 6.67. The van der Waals surface area contributed by atoms with Crippen molar-refractivity contribution in [2.24, 2.45) is 0 Å². The van der Waals surface area contributed by atoms with Gasteiger partial charge in [0.1, 0.15) is 0 Å². The van der Waals surface area contributed by atoms with Crippen molar-refractivity contribution in [3.8, 4) is 17.6 Å². The molecule has 0 bridgehead atoms. The summed E-state index contributed by atoms with van der Waals surface area (Å²) in [6.07, 6.45) is 0.219. The lowest BCUT2D eigenvalue weighted by molar-refractivity contribution is -0.0472. The van der Waals surface area contributed by atoms with Gasteiger partial charge in [-0.1, -0.05) is 36.4 Å². The summed E-state index contributed by atoms with van der Waals surface area (Å²) in [5.74, 6) is -2.55. The van der Waals surface area contributed by atoms with Gasteiger partial charge in [-0.05, 0) is 17.7 Å². The number of benzene rings is 2. The minimum Gasteiger partial charge on any atom is -0.493 e. The Morgan fingerprint density at radius 3 is 2.45 bits per heavy atom. The lowest BCUT2D eigenvalue weighted by atomic mass is 10.1. The third-order valence-corrected chi connectivity index (χ3v) is 3.12. The second-order valence-electron chi connectivity index (χ2n) is 4.68. The monoisotopic (exact) mass is 303 g/mol. The summed E-state index contributed by atoms with van der Waals surface area (Å²) < 4.78 is 38.5. The highest BCUT2D eigenvalue weighted by atomic mass is 19.3. The Labute approximate surface area is 127 Å². The van der Waals surface area contributed by atoms with Crippen LogP contribution in [0.5, 0.6) is 11.5 Å². The minimum atomic E-state index is -3.10. The van der Waals surface area contributed by atoms with Crippen LogP contribution in [-0.2, 0) is 12.3 Å². The van der Waals surface area contributed by atoms with Crippen LogP contribution in [0.2, 0.25) is 0 Å². The summed E-state index contributed by atoms with van der Waals surface area (Å²) in [4.78, 5) is 0. The topological polar surface area (TPSA) is 42.2 Å². The summed E-state index contributed by atoms with van der Waals surface area (Å²) in [6.45, 7) is -0.787. The number of rotatable bonds is 6. The number of nitrogens with zero attached hydrogens (tertiary/aromatic N) is 1. The van der Waals surface area contributed by atoms with E-state index in [4.69, 9.17) is 14.7 Å². The molecule has 0 aliphatic heterocycles. The van der Waals surface area contributed by atoms with Crippen LogP contribution in [-0.4, -0.2) is 13.7 Å². The molecular weight excluding hydrogens is 288 g/mol. The third-order valence-electron chi connectivity index (χ3n) is 3.12. The summed E-state index contributed by atoms with van der Waals surface area (Å²) in [7, 11) is 1.42. The van der Waals surface area contributed by atoms with Gasteiger partial charge in [0, 0.05) is 5.56 Å². The van der Waals surface area contributed by atoms with Crippen LogP contribution >= 0.6 is 0 Å². The fraction of sp³-hybridized carbons (Fsp3) is 0.235. The highest BCUT2D eigenvalue weighted by Gasteiger charge is 2.32. The molecular formula is C17H15F2NO2. The van der Waals surface area contributed by atoms with E-state index in [1.807, 2.05) is 6.07 Å². The van der Waals surface area contributed by atoms with E-state index in [1.165, 1.54) is 25.3 Å². The van der Waals surface area contributed by atoms with Gasteiger partial charge in [0.25, 0.3) is 0 Å². The van der Waals surface area contributed by atoms with Gasteiger partial charge < -0.3 is 9.47 Å². The molecule has 0 fully saturated rings. The van der Waals surface area contributed by atoms with E-state index in [9.17, 15) is 8.78 Å². The van der Waals surface area contributed by atoms with Crippen molar-refractivity contribution in [3.63, 3.8) is 0 Å². The van der Waals surface area contributed by atoms with Crippen LogP contribution in [0, 0.1) is 11.3 Å². The molecule has 0 amide bonds. The van der Waals surface area contributed by atoms with Gasteiger partial charge in [-0.3, -0.25) is 0 Å². The lowest BCUT2D eigenvalue weighted by Crippen LogP contribution is -2.23. The van der Waals surface area contributed by atoms with Crippen LogP contribution < -0.4 is 9.47 Å². The number of hydrogen-bond donors (Lipinski definition) is 0. The molecule has 0 aliphatic carbocycles. The molecule has 0 saturated carbocycles. The molecule has 3 nitrogen and oxygen atoms in total. The van der Waals surface area contributed by atoms with E-state index in [0.29, 0.717) is 5.75 Å². The van der Waals surface area contributed by atoms with Crippen LogP contribution in [0.4, 0.5) is 8.78 Å². The average molecular weight is 303 g/mol. The zero-order chi connectivity index (χ0) is 16.0. The number of alkyl halides is 2. The first-order chi connectivity index (χ1) is 10.6. The molecule has 114 valence electrons. The largest absolute Gasteiger partial charge is 0.493 e. The maximum absolute atomic E-state index is 14.1. The number of halogens is 2. The van der Waals surface area contributed by atoms with Crippen LogP contribution in [0.3, 0.4) is 0 Å². The smallest absolute Gasteiger partial charge is 0.306 e. The molecule has 22 heavy (non-hydrogen) atoms. The molecule has 0 aliphatic rings. The van der Waals surface area contributed by atoms with E-state index >= 15 is 0 Å². The van der Waals surface area contributed by atoms with Crippen molar-refractivity contribution in [1.29, 1.82) is 5.26 Å². The molecule has 0 radical (unpaired) electrons. The molecule has 2 aromatic rings.